The van der Waals surface area contributed by atoms with Crippen molar-refractivity contribution in [3.8, 4) is 0 Å². The van der Waals surface area contributed by atoms with Crippen LogP contribution >= 0.6 is 0 Å². The van der Waals surface area contributed by atoms with Crippen LogP contribution in [0.15, 0.2) is 55.0 Å². The number of aryl methyl sites for hydroxylation is 3. The lowest BCUT2D eigenvalue weighted by Crippen LogP contribution is -2.26. The zero-order valence-electron chi connectivity index (χ0n) is 25.2. The first kappa shape index (κ1) is 29.9. The number of amides is 1. The Morgan fingerprint density at radius 3 is 2.61 bits per heavy atom. The van der Waals surface area contributed by atoms with Gasteiger partial charge in [-0.2, -0.15) is 5.10 Å². The second-order valence-corrected chi connectivity index (χ2v) is 10.9. The Balaban J connectivity index is 1.55. The Bertz CT molecular complexity index is 1500. The summed E-state index contributed by atoms with van der Waals surface area (Å²) in [5.41, 5.74) is 7.47. The Morgan fingerprint density at radius 1 is 1.10 bits per heavy atom. The standard InChI is InChI=1S/C33H43N5O3/c1-7-36(6)33(40)28-14-15-29-24(4)21-38(31(29)17-28)25(5)19-34-30-16-26(22-37-20-23(3)18-35-37)12-13-27(30)10-9-11-32(39)41-8-2/h12-18,20-21,25,34H,7-11,19,22H2,1-6H3. The van der Waals surface area contributed by atoms with Crippen LogP contribution < -0.4 is 5.32 Å². The quantitative estimate of drug-likeness (QED) is 0.199. The van der Waals surface area contributed by atoms with E-state index in [1.807, 2.05) is 57.0 Å². The van der Waals surface area contributed by atoms with Gasteiger partial charge in [0.15, 0.2) is 0 Å². The van der Waals surface area contributed by atoms with E-state index in [1.165, 1.54) is 11.1 Å². The number of aromatic nitrogens is 3. The summed E-state index contributed by atoms with van der Waals surface area (Å²) in [6, 6.07) is 12.6. The number of nitrogens with zero attached hydrogens (tertiary/aromatic N) is 4. The fraction of sp³-hybridized carbons (Fsp3) is 0.424. The third kappa shape index (κ3) is 7.37. The van der Waals surface area contributed by atoms with Crippen molar-refractivity contribution in [2.75, 3.05) is 32.1 Å². The van der Waals surface area contributed by atoms with Crippen LogP contribution in [-0.4, -0.2) is 57.9 Å². The van der Waals surface area contributed by atoms with Gasteiger partial charge in [-0.1, -0.05) is 18.2 Å². The first-order valence-electron chi connectivity index (χ1n) is 14.6. The molecule has 0 aliphatic rings. The van der Waals surface area contributed by atoms with Crippen molar-refractivity contribution in [2.45, 2.75) is 66.5 Å². The predicted octanol–water partition coefficient (Wildman–Crippen LogP) is 6.15. The molecule has 0 radical (unpaired) electrons. The van der Waals surface area contributed by atoms with E-state index in [0.717, 1.165) is 40.6 Å². The maximum absolute atomic E-state index is 12.9. The van der Waals surface area contributed by atoms with E-state index >= 15 is 0 Å². The Hall–Kier alpha value is -4.07. The molecule has 8 nitrogen and oxygen atoms in total. The van der Waals surface area contributed by atoms with Gasteiger partial charge in [0.25, 0.3) is 5.91 Å². The van der Waals surface area contributed by atoms with Crippen molar-refractivity contribution >= 4 is 28.5 Å². The maximum Gasteiger partial charge on any atom is 0.305 e. The summed E-state index contributed by atoms with van der Waals surface area (Å²) in [6.07, 6.45) is 7.99. The Morgan fingerprint density at radius 2 is 1.90 bits per heavy atom. The van der Waals surface area contributed by atoms with Gasteiger partial charge in [0.2, 0.25) is 0 Å². The second-order valence-electron chi connectivity index (χ2n) is 10.9. The van der Waals surface area contributed by atoms with Gasteiger partial charge < -0.3 is 19.5 Å². The largest absolute Gasteiger partial charge is 0.466 e. The van der Waals surface area contributed by atoms with Crippen LogP contribution in [0.25, 0.3) is 10.9 Å². The smallest absolute Gasteiger partial charge is 0.305 e. The molecule has 1 amide bonds. The number of hydrogen-bond donors (Lipinski definition) is 1. The van der Waals surface area contributed by atoms with Gasteiger partial charge in [-0.3, -0.25) is 14.3 Å². The zero-order valence-corrected chi connectivity index (χ0v) is 25.2. The van der Waals surface area contributed by atoms with Crippen LogP contribution in [0.1, 0.15) is 72.3 Å². The van der Waals surface area contributed by atoms with Crippen LogP contribution in [0.3, 0.4) is 0 Å². The lowest BCUT2D eigenvalue weighted by atomic mass is 10.0. The number of rotatable bonds is 13. The second kappa shape index (κ2) is 13.5. The molecule has 2 heterocycles. The highest BCUT2D eigenvalue weighted by molar-refractivity contribution is 5.98. The number of carbonyl (C=O) groups excluding carboxylic acids is 2. The third-order valence-corrected chi connectivity index (χ3v) is 7.58. The topological polar surface area (TPSA) is 81.4 Å². The van der Waals surface area contributed by atoms with E-state index in [4.69, 9.17) is 4.74 Å². The van der Waals surface area contributed by atoms with Gasteiger partial charge in [0.05, 0.1) is 19.3 Å². The monoisotopic (exact) mass is 557 g/mol. The number of nitrogens with one attached hydrogen (secondary N) is 1. The molecule has 0 saturated heterocycles. The summed E-state index contributed by atoms with van der Waals surface area (Å²) in [7, 11) is 1.83. The summed E-state index contributed by atoms with van der Waals surface area (Å²) in [4.78, 5) is 26.5. The van der Waals surface area contributed by atoms with E-state index in [1.54, 1.807) is 4.90 Å². The first-order valence-corrected chi connectivity index (χ1v) is 14.6. The van der Waals surface area contributed by atoms with Gasteiger partial charge in [0, 0.05) is 67.1 Å². The molecular formula is C33H43N5O3. The number of hydrogen-bond acceptors (Lipinski definition) is 5. The minimum absolute atomic E-state index is 0.0298. The van der Waals surface area contributed by atoms with E-state index < -0.39 is 0 Å². The predicted molar refractivity (Wildman–Crippen MR) is 165 cm³/mol. The highest BCUT2D eigenvalue weighted by Gasteiger charge is 2.16. The lowest BCUT2D eigenvalue weighted by Gasteiger charge is -2.20. The molecule has 0 fully saturated rings. The number of carbonyl (C=O) groups is 2. The summed E-state index contributed by atoms with van der Waals surface area (Å²) in [6.45, 7) is 12.6. The van der Waals surface area contributed by atoms with Crippen LogP contribution in [0.2, 0.25) is 0 Å². The highest BCUT2D eigenvalue weighted by Crippen LogP contribution is 2.27. The molecule has 0 saturated carbocycles. The van der Waals surface area contributed by atoms with Crippen molar-refractivity contribution in [3.05, 3.63) is 82.8 Å². The van der Waals surface area contributed by atoms with Crippen LogP contribution in [0, 0.1) is 13.8 Å². The van der Waals surface area contributed by atoms with Crippen molar-refractivity contribution in [3.63, 3.8) is 0 Å². The average molecular weight is 558 g/mol. The van der Waals surface area contributed by atoms with Crippen LogP contribution in [-0.2, 0) is 22.5 Å². The number of fused-ring (bicyclic) bond motifs is 1. The summed E-state index contributed by atoms with van der Waals surface area (Å²) in [5, 5.41) is 9.30. The Labute approximate surface area is 243 Å². The lowest BCUT2D eigenvalue weighted by molar-refractivity contribution is -0.143. The molecule has 2 aromatic carbocycles. The molecule has 0 aliphatic carbocycles. The van der Waals surface area contributed by atoms with Crippen molar-refractivity contribution in [2.24, 2.45) is 0 Å². The third-order valence-electron chi connectivity index (χ3n) is 7.58. The summed E-state index contributed by atoms with van der Waals surface area (Å²) >= 11 is 0. The first-order chi connectivity index (χ1) is 19.7. The minimum atomic E-state index is -0.154. The minimum Gasteiger partial charge on any atom is -0.466 e. The maximum atomic E-state index is 12.9. The van der Waals surface area contributed by atoms with E-state index in [9.17, 15) is 9.59 Å². The van der Waals surface area contributed by atoms with Crippen LogP contribution in [0.4, 0.5) is 5.69 Å². The average Bonchev–Trinajstić information content (AvgIpc) is 3.53. The zero-order chi connectivity index (χ0) is 29.5. The molecular weight excluding hydrogens is 514 g/mol. The highest BCUT2D eigenvalue weighted by atomic mass is 16.5. The molecule has 1 unspecified atom stereocenters. The van der Waals surface area contributed by atoms with E-state index in [-0.39, 0.29) is 17.9 Å². The van der Waals surface area contributed by atoms with Gasteiger partial charge >= 0.3 is 5.97 Å². The molecule has 0 aliphatic heterocycles. The number of anilines is 1. The van der Waals surface area contributed by atoms with Crippen molar-refractivity contribution in [1.29, 1.82) is 0 Å². The number of ether oxygens (including phenoxy) is 1. The summed E-state index contributed by atoms with van der Waals surface area (Å²) in [5.74, 6) is -0.124. The molecule has 4 aromatic rings. The van der Waals surface area contributed by atoms with Gasteiger partial charge in [0.1, 0.15) is 0 Å². The van der Waals surface area contributed by atoms with Gasteiger partial charge in [-0.15, -0.1) is 0 Å². The normalized spacial score (nSPS) is 12.0. The van der Waals surface area contributed by atoms with Gasteiger partial charge in [-0.05, 0) is 87.9 Å². The van der Waals surface area contributed by atoms with Gasteiger partial charge in [-0.25, -0.2) is 0 Å². The molecule has 4 rings (SSSR count). The van der Waals surface area contributed by atoms with Crippen molar-refractivity contribution in [1.82, 2.24) is 19.2 Å². The molecule has 8 heteroatoms. The van der Waals surface area contributed by atoms with Crippen molar-refractivity contribution < 1.29 is 14.3 Å². The molecule has 218 valence electrons. The SMILES string of the molecule is CCOC(=O)CCCc1ccc(Cn2cc(C)cn2)cc1NCC(C)n1cc(C)c2ccc(C(=O)N(C)CC)cc21. The molecule has 0 spiro atoms. The van der Waals surface area contributed by atoms with E-state index in [0.29, 0.717) is 38.2 Å². The summed E-state index contributed by atoms with van der Waals surface area (Å²) < 4.78 is 9.32. The molecule has 1 N–H and O–H groups in total. The van der Waals surface area contributed by atoms with Crippen LogP contribution in [0.5, 0.6) is 0 Å². The fourth-order valence-corrected chi connectivity index (χ4v) is 5.15. The number of esters is 1. The Kier molecular flexibility index (Phi) is 9.86. The molecule has 2 aromatic heterocycles. The molecule has 41 heavy (non-hydrogen) atoms. The van der Waals surface area contributed by atoms with E-state index in [2.05, 4.69) is 59.3 Å². The number of benzene rings is 2. The molecule has 0 bridgehead atoms. The molecule has 1 atom stereocenters. The fourth-order valence-electron chi connectivity index (χ4n) is 5.15.